The molecule has 0 radical (unpaired) electrons. The van der Waals surface area contributed by atoms with E-state index in [1.807, 2.05) is 24.3 Å². The highest BCUT2D eigenvalue weighted by atomic mass is 16.5. The van der Waals surface area contributed by atoms with E-state index in [0.717, 1.165) is 75.3 Å². The van der Waals surface area contributed by atoms with Crippen molar-refractivity contribution in [2.24, 2.45) is 0 Å². The molecule has 0 fully saturated rings. The van der Waals surface area contributed by atoms with Gasteiger partial charge in [-0.25, -0.2) is 9.97 Å². The molecular formula is C41H47N7O4. The lowest BCUT2D eigenvalue weighted by atomic mass is 9.92. The molecule has 11 heteroatoms. The van der Waals surface area contributed by atoms with Crippen LogP contribution < -0.4 is 30.7 Å². The smallest absolute Gasteiger partial charge is 0.216 e. The van der Waals surface area contributed by atoms with Crippen molar-refractivity contribution in [2.45, 2.75) is 53.9 Å². The molecule has 0 unspecified atom stereocenters. The zero-order valence-corrected chi connectivity index (χ0v) is 30.3. The number of pyridine rings is 2. The van der Waals surface area contributed by atoms with Crippen molar-refractivity contribution in [2.75, 3.05) is 32.7 Å². The van der Waals surface area contributed by atoms with Gasteiger partial charge < -0.3 is 35.7 Å². The molecule has 0 atom stereocenters. The van der Waals surface area contributed by atoms with Gasteiger partial charge in [0.15, 0.2) is 0 Å². The van der Waals surface area contributed by atoms with Crippen molar-refractivity contribution in [3.05, 3.63) is 112 Å². The minimum Gasteiger partial charge on any atom is -0.473 e. The monoisotopic (exact) mass is 701 g/mol. The molecule has 1 aliphatic rings. The first-order chi connectivity index (χ1) is 25.2. The summed E-state index contributed by atoms with van der Waals surface area (Å²) >= 11 is 0. The zero-order valence-electron chi connectivity index (χ0n) is 30.3. The van der Waals surface area contributed by atoms with Crippen LogP contribution in [-0.4, -0.2) is 59.5 Å². The highest BCUT2D eigenvalue weighted by Crippen LogP contribution is 2.32. The fourth-order valence-electron chi connectivity index (χ4n) is 6.36. The number of nitrogens with one attached hydrogen (secondary N) is 5. The first-order valence-electron chi connectivity index (χ1n) is 17.7. The maximum absolute atomic E-state index is 11.1. The summed E-state index contributed by atoms with van der Waals surface area (Å²) in [6, 6.07) is 22.6. The molecule has 270 valence electrons. The summed E-state index contributed by atoms with van der Waals surface area (Å²) in [7, 11) is 0. The van der Waals surface area contributed by atoms with E-state index in [9.17, 15) is 9.59 Å². The number of aromatic nitrogens is 3. The Hall–Kier alpha value is -5.52. The zero-order chi connectivity index (χ0) is 36.5. The van der Waals surface area contributed by atoms with E-state index in [4.69, 9.17) is 19.4 Å². The quantitative estimate of drug-likeness (QED) is 0.0824. The standard InChI is InChI=1S/C41H47N7O4/c1-26-32(24-51-40-13-11-31-19-30(20-38(31)47-40)22-42-15-17-44-28(3)49)7-5-9-35(26)36-10-6-8-33(27(36)2)25-52-41-14-12-37-39(48-41)21-34(46-37)23-43-16-18-45-29(4)50/h5-14,20-21,42-43,46H,15-19,22-25H2,1-4H3,(H,44,49)(H,45,50). The number of carbonyl (C=O) groups is 2. The fraction of sp³-hybridized carbons (Fsp3) is 0.317. The van der Waals surface area contributed by atoms with Crippen molar-refractivity contribution in [3.63, 3.8) is 0 Å². The largest absolute Gasteiger partial charge is 0.473 e. The van der Waals surface area contributed by atoms with Crippen LogP contribution in [0.15, 0.2) is 72.3 Å². The molecule has 0 spiro atoms. The van der Waals surface area contributed by atoms with Crippen LogP contribution in [0.4, 0.5) is 0 Å². The Kier molecular flexibility index (Phi) is 11.9. The molecule has 3 aromatic heterocycles. The summed E-state index contributed by atoms with van der Waals surface area (Å²) in [6.07, 6.45) is 2.99. The van der Waals surface area contributed by atoms with Gasteiger partial charge in [-0.1, -0.05) is 42.5 Å². The minimum atomic E-state index is -0.0307. The number of hydrogen-bond acceptors (Lipinski definition) is 8. The molecule has 3 heterocycles. The predicted molar refractivity (Wildman–Crippen MR) is 204 cm³/mol. The third-order valence-electron chi connectivity index (χ3n) is 9.20. The fourth-order valence-corrected chi connectivity index (χ4v) is 6.36. The summed E-state index contributed by atoms with van der Waals surface area (Å²) in [5, 5.41) is 12.3. The van der Waals surface area contributed by atoms with E-state index >= 15 is 0 Å². The SMILES string of the molecule is CC(=O)NCCNCC1=Cc2nc(OCc3cccc(-c4cccc(COc5ccc6[nH]c(CNCCNC(C)=O)cc6n5)c4C)c3C)ccc2C1. The number of nitrogens with zero attached hydrogens (tertiary/aromatic N) is 2. The van der Waals surface area contributed by atoms with Crippen molar-refractivity contribution in [3.8, 4) is 22.9 Å². The molecule has 6 rings (SSSR count). The van der Waals surface area contributed by atoms with Crippen LogP contribution in [-0.2, 0) is 35.8 Å². The van der Waals surface area contributed by atoms with Gasteiger partial charge in [-0.05, 0) is 83.0 Å². The summed E-state index contributed by atoms with van der Waals surface area (Å²) in [5.41, 5.74) is 13.1. The molecule has 2 aromatic carbocycles. The van der Waals surface area contributed by atoms with E-state index < -0.39 is 0 Å². The highest BCUT2D eigenvalue weighted by Gasteiger charge is 2.16. The van der Waals surface area contributed by atoms with Crippen LogP contribution in [0, 0.1) is 13.8 Å². The Bertz CT molecular complexity index is 2090. The lowest BCUT2D eigenvalue weighted by Crippen LogP contribution is -2.31. The predicted octanol–water partition coefficient (Wildman–Crippen LogP) is 5.29. The molecule has 0 saturated carbocycles. The van der Waals surface area contributed by atoms with Gasteiger partial charge in [-0.15, -0.1) is 0 Å². The topological polar surface area (TPSA) is 142 Å². The maximum atomic E-state index is 11.1. The molecular weight excluding hydrogens is 654 g/mol. The normalized spacial score (nSPS) is 12.0. The Morgan fingerprint density at radius 3 is 1.96 bits per heavy atom. The Morgan fingerprint density at radius 1 is 0.731 bits per heavy atom. The molecule has 5 aromatic rings. The number of benzene rings is 2. The maximum Gasteiger partial charge on any atom is 0.216 e. The second kappa shape index (κ2) is 17.1. The van der Waals surface area contributed by atoms with Gasteiger partial charge in [0.2, 0.25) is 23.6 Å². The number of carbonyl (C=O) groups excluding carboxylic acids is 2. The van der Waals surface area contributed by atoms with E-state index in [1.54, 1.807) is 0 Å². The van der Waals surface area contributed by atoms with Crippen LogP contribution in [0.5, 0.6) is 11.8 Å². The van der Waals surface area contributed by atoms with Gasteiger partial charge in [-0.2, -0.15) is 0 Å². The molecule has 11 nitrogen and oxygen atoms in total. The number of rotatable bonds is 17. The van der Waals surface area contributed by atoms with Crippen molar-refractivity contribution in [1.82, 2.24) is 36.2 Å². The van der Waals surface area contributed by atoms with Crippen LogP contribution in [0.25, 0.3) is 28.2 Å². The summed E-state index contributed by atoms with van der Waals surface area (Å²) in [4.78, 5) is 35.0. The molecule has 5 N–H and O–H groups in total. The Balaban J connectivity index is 1.05. The number of fused-ring (bicyclic) bond motifs is 2. The number of hydrogen-bond donors (Lipinski definition) is 5. The molecule has 2 amide bonds. The van der Waals surface area contributed by atoms with E-state index in [0.29, 0.717) is 51.2 Å². The number of aromatic amines is 1. The van der Waals surface area contributed by atoms with Crippen LogP contribution in [0.2, 0.25) is 0 Å². The van der Waals surface area contributed by atoms with Crippen molar-refractivity contribution >= 4 is 28.9 Å². The third-order valence-corrected chi connectivity index (χ3v) is 9.20. The van der Waals surface area contributed by atoms with E-state index in [1.165, 1.54) is 25.0 Å². The van der Waals surface area contributed by atoms with Gasteiger partial charge in [0, 0.05) is 70.9 Å². The van der Waals surface area contributed by atoms with Gasteiger partial charge in [0.25, 0.3) is 0 Å². The lowest BCUT2D eigenvalue weighted by molar-refractivity contribution is -0.119. The Labute approximate surface area is 304 Å². The molecule has 0 bridgehead atoms. The first kappa shape index (κ1) is 36.3. The number of H-pyrrole nitrogens is 1. The highest BCUT2D eigenvalue weighted by molar-refractivity contribution is 5.77. The molecule has 0 aliphatic heterocycles. The lowest BCUT2D eigenvalue weighted by Gasteiger charge is -2.16. The Morgan fingerprint density at radius 2 is 1.33 bits per heavy atom. The van der Waals surface area contributed by atoms with Crippen LogP contribution in [0.1, 0.15) is 53.1 Å². The van der Waals surface area contributed by atoms with Gasteiger partial charge in [-0.3, -0.25) is 9.59 Å². The van der Waals surface area contributed by atoms with Crippen LogP contribution in [0.3, 0.4) is 0 Å². The van der Waals surface area contributed by atoms with Gasteiger partial charge >= 0.3 is 0 Å². The third kappa shape index (κ3) is 9.42. The second-order valence-electron chi connectivity index (χ2n) is 13.1. The average molecular weight is 702 g/mol. The van der Waals surface area contributed by atoms with Crippen molar-refractivity contribution in [1.29, 1.82) is 0 Å². The summed E-state index contributed by atoms with van der Waals surface area (Å²) in [6.45, 7) is 12.1. The number of ether oxygens (including phenoxy) is 2. The van der Waals surface area contributed by atoms with Gasteiger partial charge in [0.05, 0.1) is 16.7 Å². The van der Waals surface area contributed by atoms with E-state index in [-0.39, 0.29) is 11.8 Å². The van der Waals surface area contributed by atoms with Crippen molar-refractivity contribution < 1.29 is 19.1 Å². The number of amides is 2. The summed E-state index contributed by atoms with van der Waals surface area (Å²) < 4.78 is 12.4. The van der Waals surface area contributed by atoms with E-state index in [2.05, 4.69) is 88.6 Å². The molecule has 0 saturated heterocycles. The minimum absolute atomic E-state index is 0.0166. The molecule has 52 heavy (non-hydrogen) atoms. The van der Waals surface area contributed by atoms with Crippen LogP contribution >= 0.6 is 0 Å². The second-order valence-corrected chi connectivity index (χ2v) is 13.1. The average Bonchev–Trinajstić information content (AvgIpc) is 3.73. The van der Waals surface area contributed by atoms with Gasteiger partial charge in [0.1, 0.15) is 13.2 Å². The first-order valence-corrected chi connectivity index (χ1v) is 17.7. The summed E-state index contributed by atoms with van der Waals surface area (Å²) in [5.74, 6) is 1.13. The molecule has 1 aliphatic carbocycles.